The van der Waals surface area contributed by atoms with Gasteiger partial charge in [-0.1, -0.05) is 25.5 Å². The van der Waals surface area contributed by atoms with Crippen LogP contribution in [0.15, 0.2) is 30.5 Å². The van der Waals surface area contributed by atoms with Crippen LogP contribution in [0.2, 0.25) is 0 Å². The molecule has 1 N–H and O–H groups in total. The van der Waals surface area contributed by atoms with Crippen molar-refractivity contribution in [2.75, 3.05) is 13.6 Å². The minimum Gasteiger partial charge on any atom is -0.302 e. The van der Waals surface area contributed by atoms with Crippen molar-refractivity contribution in [1.82, 2.24) is 15.1 Å². The lowest BCUT2D eigenvalue weighted by molar-refractivity contribution is -0.384. The molecule has 21 heavy (non-hydrogen) atoms. The summed E-state index contributed by atoms with van der Waals surface area (Å²) in [5, 5.41) is 17.9. The lowest BCUT2D eigenvalue weighted by atomic mass is 10.1. The molecule has 0 fully saturated rings. The second-order valence-electron chi connectivity index (χ2n) is 5.17. The zero-order valence-corrected chi connectivity index (χ0v) is 12.4. The van der Waals surface area contributed by atoms with Gasteiger partial charge in [-0.3, -0.25) is 15.2 Å². The highest BCUT2D eigenvalue weighted by molar-refractivity contribution is 5.65. The molecule has 1 aromatic carbocycles. The van der Waals surface area contributed by atoms with Gasteiger partial charge in [0.15, 0.2) is 0 Å². The first kappa shape index (κ1) is 15.2. The van der Waals surface area contributed by atoms with E-state index in [0.29, 0.717) is 0 Å². The first-order valence-corrected chi connectivity index (χ1v) is 7.07. The molecule has 2 aromatic rings. The highest BCUT2D eigenvalue weighted by atomic mass is 16.6. The van der Waals surface area contributed by atoms with Crippen LogP contribution in [0.5, 0.6) is 0 Å². The summed E-state index contributed by atoms with van der Waals surface area (Å²) in [5.74, 6) is 0. The van der Waals surface area contributed by atoms with Gasteiger partial charge in [-0.05, 0) is 20.0 Å². The lowest BCUT2D eigenvalue weighted by Crippen LogP contribution is -2.19. The number of rotatable bonds is 7. The van der Waals surface area contributed by atoms with E-state index in [9.17, 15) is 10.1 Å². The molecule has 112 valence electrons. The summed E-state index contributed by atoms with van der Waals surface area (Å²) in [6.07, 6.45) is 4.10. The van der Waals surface area contributed by atoms with Gasteiger partial charge in [0.25, 0.3) is 5.69 Å². The number of non-ortho nitro benzene ring substituents is 1. The van der Waals surface area contributed by atoms with E-state index in [1.165, 1.54) is 6.07 Å². The number of unbranched alkanes of at least 4 members (excludes halogenated alkanes) is 1. The van der Waals surface area contributed by atoms with Gasteiger partial charge in [0, 0.05) is 29.8 Å². The van der Waals surface area contributed by atoms with E-state index >= 15 is 0 Å². The summed E-state index contributed by atoms with van der Waals surface area (Å²) in [7, 11) is 2.07. The maximum Gasteiger partial charge on any atom is 0.270 e. The van der Waals surface area contributed by atoms with E-state index in [-0.39, 0.29) is 10.6 Å². The number of hydrogen-bond donors (Lipinski definition) is 1. The van der Waals surface area contributed by atoms with Crippen molar-refractivity contribution in [3.05, 3.63) is 46.1 Å². The smallest absolute Gasteiger partial charge is 0.270 e. The van der Waals surface area contributed by atoms with Gasteiger partial charge >= 0.3 is 0 Å². The molecule has 0 saturated carbocycles. The van der Waals surface area contributed by atoms with Gasteiger partial charge in [-0.15, -0.1) is 0 Å². The molecule has 1 aromatic heterocycles. The van der Waals surface area contributed by atoms with Crippen LogP contribution in [0.3, 0.4) is 0 Å². The van der Waals surface area contributed by atoms with Gasteiger partial charge in [0.05, 0.1) is 16.8 Å². The van der Waals surface area contributed by atoms with Crippen LogP contribution in [0.1, 0.15) is 25.3 Å². The molecule has 0 atom stereocenters. The molecule has 0 spiro atoms. The summed E-state index contributed by atoms with van der Waals surface area (Å²) in [5.41, 5.74) is 2.78. The van der Waals surface area contributed by atoms with Crippen LogP contribution in [-0.2, 0) is 6.54 Å². The van der Waals surface area contributed by atoms with E-state index in [1.807, 2.05) is 6.07 Å². The molecule has 0 radical (unpaired) electrons. The predicted molar refractivity (Wildman–Crippen MR) is 81.9 cm³/mol. The summed E-state index contributed by atoms with van der Waals surface area (Å²) in [4.78, 5) is 12.7. The Morgan fingerprint density at radius 3 is 2.95 bits per heavy atom. The van der Waals surface area contributed by atoms with Crippen LogP contribution < -0.4 is 0 Å². The number of hydrogen-bond acceptors (Lipinski definition) is 4. The van der Waals surface area contributed by atoms with E-state index in [0.717, 1.165) is 42.8 Å². The van der Waals surface area contributed by atoms with Crippen molar-refractivity contribution < 1.29 is 4.92 Å². The van der Waals surface area contributed by atoms with Gasteiger partial charge in [0.1, 0.15) is 0 Å². The third-order valence-electron chi connectivity index (χ3n) is 3.40. The number of benzene rings is 1. The maximum atomic E-state index is 10.9. The molecule has 0 amide bonds. The van der Waals surface area contributed by atoms with E-state index in [1.54, 1.807) is 18.3 Å². The van der Waals surface area contributed by atoms with Crippen molar-refractivity contribution in [3.8, 4) is 11.3 Å². The molecule has 0 saturated heterocycles. The average molecular weight is 288 g/mol. The Kier molecular flexibility index (Phi) is 5.05. The van der Waals surface area contributed by atoms with Gasteiger partial charge in [-0.2, -0.15) is 5.10 Å². The normalized spacial score (nSPS) is 11.0. The quantitative estimate of drug-likeness (QED) is 0.627. The molecular formula is C15H20N4O2. The number of aromatic nitrogens is 2. The Morgan fingerprint density at radius 1 is 1.43 bits per heavy atom. The fourth-order valence-corrected chi connectivity index (χ4v) is 2.25. The first-order chi connectivity index (χ1) is 10.1. The fraction of sp³-hybridized carbons (Fsp3) is 0.400. The van der Waals surface area contributed by atoms with Crippen molar-refractivity contribution >= 4 is 5.69 Å². The number of nitrogens with one attached hydrogen (secondary N) is 1. The fourth-order valence-electron chi connectivity index (χ4n) is 2.25. The zero-order chi connectivity index (χ0) is 15.2. The van der Waals surface area contributed by atoms with Gasteiger partial charge < -0.3 is 4.90 Å². The Morgan fingerprint density at radius 2 is 2.24 bits per heavy atom. The van der Waals surface area contributed by atoms with E-state index in [2.05, 4.69) is 29.1 Å². The number of nitro groups is 1. The lowest BCUT2D eigenvalue weighted by Gasteiger charge is -2.16. The summed E-state index contributed by atoms with van der Waals surface area (Å²) < 4.78 is 0. The number of nitro benzene ring substituents is 1. The Balaban J connectivity index is 2.20. The molecule has 6 heteroatoms. The SMILES string of the molecule is CCCCN(C)Cc1cn[nH]c1-c1cccc([N+](=O)[O-])c1. The van der Waals surface area contributed by atoms with E-state index in [4.69, 9.17) is 0 Å². The van der Waals surface area contributed by atoms with Crippen molar-refractivity contribution in [2.45, 2.75) is 26.3 Å². The van der Waals surface area contributed by atoms with Gasteiger partial charge in [-0.25, -0.2) is 0 Å². The van der Waals surface area contributed by atoms with Crippen LogP contribution >= 0.6 is 0 Å². The summed E-state index contributed by atoms with van der Waals surface area (Å²) >= 11 is 0. The van der Waals surface area contributed by atoms with Gasteiger partial charge in [0.2, 0.25) is 0 Å². The Hall–Kier alpha value is -2.21. The third kappa shape index (κ3) is 3.88. The van der Waals surface area contributed by atoms with Crippen molar-refractivity contribution in [2.24, 2.45) is 0 Å². The molecule has 1 heterocycles. The standard InChI is InChI=1S/C15H20N4O2/c1-3-4-8-18(2)11-13-10-16-17-15(13)12-6-5-7-14(9-12)19(20)21/h5-7,9-10H,3-4,8,11H2,1-2H3,(H,16,17). The number of nitrogens with zero attached hydrogens (tertiary/aromatic N) is 3. The van der Waals surface area contributed by atoms with Crippen LogP contribution in [0.4, 0.5) is 5.69 Å². The topological polar surface area (TPSA) is 75.1 Å². The number of aromatic amines is 1. The molecule has 0 bridgehead atoms. The summed E-state index contributed by atoms with van der Waals surface area (Å²) in [6.45, 7) is 3.96. The van der Waals surface area contributed by atoms with Crippen molar-refractivity contribution in [1.29, 1.82) is 0 Å². The molecule has 2 rings (SSSR count). The first-order valence-electron chi connectivity index (χ1n) is 7.07. The number of H-pyrrole nitrogens is 1. The molecule has 0 unspecified atom stereocenters. The van der Waals surface area contributed by atoms with Crippen molar-refractivity contribution in [3.63, 3.8) is 0 Å². The monoisotopic (exact) mass is 288 g/mol. The second kappa shape index (κ2) is 6.99. The third-order valence-corrected chi connectivity index (χ3v) is 3.40. The molecular weight excluding hydrogens is 268 g/mol. The predicted octanol–water partition coefficient (Wildman–Crippen LogP) is 3.22. The van der Waals surface area contributed by atoms with Crippen LogP contribution in [0, 0.1) is 10.1 Å². The highest BCUT2D eigenvalue weighted by Gasteiger charge is 2.13. The van der Waals surface area contributed by atoms with E-state index < -0.39 is 0 Å². The summed E-state index contributed by atoms with van der Waals surface area (Å²) in [6, 6.07) is 6.62. The Bertz CT molecular complexity index is 609. The highest BCUT2D eigenvalue weighted by Crippen LogP contribution is 2.25. The second-order valence-corrected chi connectivity index (χ2v) is 5.17. The minimum absolute atomic E-state index is 0.0902. The molecule has 0 aliphatic heterocycles. The molecule has 0 aliphatic carbocycles. The van der Waals surface area contributed by atoms with Crippen LogP contribution in [-0.4, -0.2) is 33.6 Å². The largest absolute Gasteiger partial charge is 0.302 e. The maximum absolute atomic E-state index is 10.9. The van der Waals surface area contributed by atoms with Crippen LogP contribution in [0.25, 0.3) is 11.3 Å². The zero-order valence-electron chi connectivity index (χ0n) is 12.4. The average Bonchev–Trinajstić information content (AvgIpc) is 2.93. The minimum atomic E-state index is -0.382. The molecule has 0 aliphatic rings. The Labute approximate surface area is 123 Å². The molecule has 6 nitrogen and oxygen atoms in total.